The first kappa shape index (κ1) is 17.2. The monoisotopic (exact) mass is 362 g/mol. The van der Waals surface area contributed by atoms with Crippen LogP contribution >= 0.6 is 0 Å². The van der Waals surface area contributed by atoms with Crippen LogP contribution in [0.3, 0.4) is 0 Å². The predicted molar refractivity (Wildman–Crippen MR) is 109 cm³/mol. The van der Waals surface area contributed by atoms with E-state index in [0.29, 0.717) is 11.6 Å². The van der Waals surface area contributed by atoms with Crippen molar-refractivity contribution in [2.45, 2.75) is 51.9 Å². The number of fused-ring (bicyclic) bond motifs is 1. The smallest absolute Gasteiger partial charge is 0.272 e. The molecule has 6 rings (SSSR count). The first-order valence-electron chi connectivity index (χ1n) is 10.9. The normalized spacial score (nSPS) is 31.4. The lowest BCUT2D eigenvalue weighted by atomic mass is 9.50. The summed E-state index contributed by atoms with van der Waals surface area (Å²) in [5, 5.41) is 1.27. The minimum atomic E-state index is 0.0795. The van der Waals surface area contributed by atoms with Crippen molar-refractivity contribution in [2.24, 2.45) is 23.7 Å². The Bertz CT molecular complexity index is 842. The van der Waals surface area contributed by atoms with E-state index in [2.05, 4.69) is 24.3 Å². The van der Waals surface area contributed by atoms with Gasteiger partial charge in [0.1, 0.15) is 5.69 Å². The molecule has 0 unspecified atom stereocenters. The molecule has 3 heteroatoms. The van der Waals surface area contributed by atoms with Gasteiger partial charge in [-0.25, -0.2) is 4.98 Å². The third-order valence-electron chi connectivity index (χ3n) is 7.60. The molecule has 4 aliphatic rings. The highest BCUT2D eigenvalue weighted by Crippen LogP contribution is 2.60. The highest BCUT2D eigenvalue weighted by molar-refractivity contribution is 5.96. The lowest BCUT2D eigenvalue weighted by Gasteiger charge is -2.54. The number of rotatable bonds is 4. The van der Waals surface area contributed by atoms with Gasteiger partial charge in [-0.1, -0.05) is 18.2 Å². The first-order chi connectivity index (χ1) is 13.2. The Kier molecular flexibility index (Phi) is 4.22. The number of pyridine rings is 1. The maximum absolute atomic E-state index is 13.1. The fourth-order valence-corrected chi connectivity index (χ4v) is 6.69. The number of para-hydroxylation sites is 1. The zero-order chi connectivity index (χ0) is 18.5. The summed E-state index contributed by atoms with van der Waals surface area (Å²) < 4.78 is 0. The molecule has 1 heterocycles. The average Bonchev–Trinajstić information content (AvgIpc) is 2.67. The maximum atomic E-state index is 13.1. The number of hydrogen-bond donors (Lipinski definition) is 0. The number of carbonyl (C=O) groups is 1. The number of hydrogen-bond acceptors (Lipinski definition) is 2. The van der Waals surface area contributed by atoms with E-state index in [-0.39, 0.29) is 5.91 Å². The highest BCUT2D eigenvalue weighted by Gasteiger charge is 2.49. The summed E-state index contributed by atoms with van der Waals surface area (Å²) in [4.78, 5) is 19.7. The van der Waals surface area contributed by atoms with Crippen molar-refractivity contribution in [3.63, 3.8) is 0 Å². The van der Waals surface area contributed by atoms with Gasteiger partial charge in [0.25, 0.3) is 5.91 Å². The summed E-state index contributed by atoms with van der Waals surface area (Å²) >= 11 is 0. The highest BCUT2D eigenvalue weighted by atomic mass is 16.2. The van der Waals surface area contributed by atoms with Crippen LogP contribution in [0.5, 0.6) is 0 Å². The van der Waals surface area contributed by atoms with Crippen LogP contribution in [-0.2, 0) is 0 Å². The van der Waals surface area contributed by atoms with Crippen molar-refractivity contribution in [1.82, 2.24) is 9.88 Å². The third kappa shape index (κ3) is 2.78. The Morgan fingerprint density at radius 1 is 1.00 bits per heavy atom. The molecule has 0 radical (unpaired) electrons. The number of aromatic nitrogens is 1. The molecule has 0 N–H and O–H groups in total. The van der Waals surface area contributed by atoms with E-state index in [0.717, 1.165) is 42.3 Å². The molecule has 0 saturated heterocycles. The minimum Gasteiger partial charge on any atom is -0.338 e. The van der Waals surface area contributed by atoms with E-state index in [4.69, 9.17) is 4.98 Å². The van der Waals surface area contributed by atoms with Gasteiger partial charge in [-0.15, -0.1) is 0 Å². The van der Waals surface area contributed by atoms with Gasteiger partial charge in [0.05, 0.1) is 5.52 Å². The molecule has 4 aliphatic carbocycles. The van der Waals surface area contributed by atoms with Gasteiger partial charge in [-0.2, -0.15) is 0 Å². The topological polar surface area (TPSA) is 33.2 Å². The summed E-state index contributed by atoms with van der Waals surface area (Å²) in [7, 11) is 0. The molecule has 0 aliphatic heterocycles. The van der Waals surface area contributed by atoms with E-state index >= 15 is 0 Å². The van der Waals surface area contributed by atoms with Crippen molar-refractivity contribution in [1.29, 1.82) is 0 Å². The van der Waals surface area contributed by atoms with Crippen molar-refractivity contribution in [3.05, 3.63) is 41.6 Å². The minimum absolute atomic E-state index is 0.0795. The zero-order valence-corrected chi connectivity index (χ0v) is 16.5. The van der Waals surface area contributed by atoms with Gasteiger partial charge >= 0.3 is 0 Å². The van der Waals surface area contributed by atoms with E-state index in [1.54, 1.807) is 0 Å². The number of amides is 1. The molecule has 0 spiro atoms. The van der Waals surface area contributed by atoms with Crippen LogP contribution in [0.1, 0.15) is 67.9 Å². The van der Waals surface area contributed by atoms with Crippen molar-refractivity contribution in [3.8, 4) is 0 Å². The fraction of sp³-hybridized carbons (Fsp3) is 0.583. The van der Waals surface area contributed by atoms with Gasteiger partial charge in [-0.3, -0.25) is 4.79 Å². The van der Waals surface area contributed by atoms with Crippen LogP contribution in [0.2, 0.25) is 0 Å². The van der Waals surface area contributed by atoms with Crippen LogP contribution in [0.25, 0.3) is 10.9 Å². The molecule has 1 aromatic carbocycles. The van der Waals surface area contributed by atoms with E-state index < -0.39 is 0 Å². The van der Waals surface area contributed by atoms with Gasteiger partial charge in [0.15, 0.2) is 0 Å². The van der Waals surface area contributed by atoms with Crippen molar-refractivity contribution in [2.75, 3.05) is 13.1 Å². The summed E-state index contributed by atoms with van der Waals surface area (Å²) in [5.41, 5.74) is 3.03. The van der Waals surface area contributed by atoms with E-state index in [1.807, 2.05) is 24.8 Å². The van der Waals surface area contributed by atoms with Crippen LogP contribution in [0.15, 0.2) is 30.3 Å². The van der Waals surface area contributed by atoms with Crippen molar-refractivity contribution >= 4 is 16.8 Å². The number of benzene rings is 1. The zero-order valence-electron chi connectivity index (χ0n) is 16.5. The second-order valence-electron chi connectivity index (χ2n) is 9.05. The largest absolute Gasteiger partial charge is 0.338 e. The molecule has 0 atom stereocenters. The van der Waals surface area contributed by atoms with Gasteiger partial charge < -0.3 is 4.90 Å². The quantitative estimate of drug-likeness (QED) is 0.743. The number of nitrogens with zero attached hydrogens (tertiary/aromatic N) is 2. The molecule has 4 saturated carbocycles. The van der Waals surface area contributed by atoms with Crippen LogP contribution in [-0.4, -0.2) is 28.9 Å². The average molecular weight is 363 g/mol. The van der Waals surface area contributed by atoms with Crippen LogP contribution < -0.4 is 0 Å². The molecule has 1 amide bonds. The maximum Gasteiger partial charge on any atom is 0.272 e. The second kappa shape index (κ2) is 6.61. The summed E-state index contributed by atoms with van der Waals surface area (Å²) in [6.45, 7) is 5.55. The molecule has 27 heavy (non-hydrogen) atoms. The van der Waals surface area contributed by atoms with Crippen LogP contribution in [0.4, 0.5) is 0 Å². The van der Waals surface area contributed by atoms with E-state index in [1.165, 1.54) is 43.1 Å². The Labute approximate surface area is 162 Å². The van der Waals surface area contributed by atoms with Crippen molar-refractivity contribution < 1.29 is 4.79 Å². The fourth-order valence-electron chi connectivity index (χ4n) is 6.69. The Morgan fingerprint density at radius 2 is 1.63 bits per heavy atom. The molecular formula is C24H30N2O. The summed E-state index contributed by atoms with van der Waals surface area (Å²) in [6.07, 6.45) is 7.06. The summed E-state index contributed by atoms with van der Waals surface area (Å²) in [5.74, 6) is 4.25. The molecule has 142 valence electrons. The third-order valence-corrected chi connectivity index (χ3v) is 7.60. The second-order valence-corrected chi connectivity index (χ2v) is 9.05. The standard InChI is InChI=1S/C24H30N2O/c1-3-26(4-2)24(27)22-14-20(19-7-5-6-8-21(19)25-22)23-17-10-15-9-16(12-17)13-18(23)11-15/h5-8,14-18,23H,3-4,9-13H2,1-2H3. The molecule has 1 aromatic heterocycles. The molecule has 4 bridgehead atoms. The van der Waals surface area contributed by atoms with Crippen LogP contribution in [0, 0.1) is 23.7 Å². The predicted octanol–water partition coefficient (Wildman–Crippen LogP) is 5.26. The lowest BCUT2D eigenvalue weighted by Crippen LogP contribution is -2.44. The molecular weight excluding hydrogens is 332 g/mol. The van der Waals surface area contributed by atoms with Gasteiger partial charge in [0.2, 0.25) is 0 Å². The Hall–Kier alpha value is -1.90. The SMILES string of the molecule is CCN(CC)C(=O)c1cc(C2C3CC4CC(C3)CC2C4)c2ccccc2n1. The number of carbonyl (C=O) groups excluding carboxylic acids is 1. The Balaban J connectivity index is 1.62. The molecule has 4 fully saturated rings. The molecule has 2 aromatic rings. The van der Waals surface area contributed by atoms with E-state index in [9.17, 15) is 4.79 Å². The summed E-state index contributed by atoms with van der Waals surface area (Å²) in [6, 6.07) is 10.6. The Morgan fingerprint density at radius 3 is 2.26 bits per heavy atom. The van der Waals surface area contributed by atoms with Gasteiger partial charge in [0, 0.05) is 18.5 Å². The molecule has 3 nitrogen and oxygen atoms in total. The lowest BCUT2D eigenvalue weighted by molar-refractivity contribution is -0.00235. The van der Waals surface area contributed by atoms with Gasteiger partial charge in [-0.05, 0) is 93.2 Å². The first-order valence-corrected chi connectivity index (χ1v) is 10.9.